The van der Waals surface area contributed by atoms with Crippen molar-refractivity contribution in [2.75, 3.05) is 5.32 Å². The molecule has 0 aliphatic rings. The van der Waals surface area contributed by atoms with Gasteiger partial charge >= 0.3 is 5.97 Å². The minimum Gasteiger partial charge on any atom is -0.450 e. The molecule has 2 aromatic carbocycles. The molecule has 3 rings (SSSR count). The van der Waals surface area contributed by atoms with E-state index in [2.05, 4.69) is 21.2 Å². The average Bonchev–Trinajstić information content (AvgIpc) is 3.13. The van der Waals surface area contributed by atoms with Crippen molar-refractivity contribution in [3.63, 3.8) is 0 Å². The number of carbonyl (C=O) groups is 2. The largest absolute Gasteiger partial charge is 0.450 e. The summed E-state index contributed by atoms with van der Waals surface area (Å²) >= 11 is 9.31. The SMILES string of the molecule is Cc1ccc(NC(=O)C(OC(=O)C=Cc2ccc(Br)o2)c2ccccc2)cc1Cl. The van der Waals surface area contributed by atoms with Crippen LogP contribution < -0.4 is 5.32 Å². The summed E-state index contributed by atoms with van der Waals surface area (Å²) in [4.78, 5) is 25.1. The standard InChI is InChI=1S/C22H17BrClNO4/c1-14-7-8-16(13-18(14)24)25-22(27)21(15-5-3-2-4-6-15)29-20(26)12-10-17-9-11-19(23)28-17/h2-13,21H,1H3,(H,25,27). The Kier molecular flexibility index (Phi) is 6.90. The number of furan rings is 1. The van der Waals surface area contributed by atoms with Crippen LogP contribution in [0.4, 0.5) is 5.69 Å². The second kappa shape index (κ2) is 9.58. The van der Waals surface area contributed by atoms with Gasteiger partial charge in [-0.2, -0.15) is 0 Å². The number of esters is 1. The molecule has 1 atom stereocenters. The van der Waals surface area contributed by atoms with Crippen molar-refractivity contribution in [3.8, 4) is 0 Å². The predicted molar refractivity (Wildman–Crippen MR) is 116 cm³/mol. The van der Waals surface area contributed by atoms with Gasteiger partial charge < -0.3 is 14.5 Å². The van der Waals surface area contributed by atoms with Gasteiger partial charge in [-0.15, -0.1) is 0 Å². The highest BCUT2D eigenvalue weighted by atomic mass is 79.9. The third-order valence-corrected chi connectivity index (χ3v) is 4.82. The van der Waals surface area contributed by atoms with Crippen LogP contribution in [-0.4, -0.2) is 11.9 Å². The molecular weight excluding hydrogens is 458 g/mol. The number of benzene rings is 2. The van der Waals surface area contributed by atoms with Crippen molar-refractivity contribution >= 4 is 51.2 Å². The Morgan fingerprint density at radius 3 is 2.55 bits per heavy atom. The third-order valence-electron chi connectivity index (χ3n) is 3.99. The molecule has 7 heteroatoms. The lowest BCUT2D eigenvalue weighted by Gasteiger charge is -2.17. The van der Waals surface area contributed by atoms with Gasteiger partial charge in [0.15, 0.2) is 4.67 Å². The molecule has 3 aromatic rings. The van der Waals surface area contributed by atoms with Crippen LogP contribution >= 0.6 is 27.5 Å². The molecule has 1 aromatic heterocycles. The summed E-state index contributed by atoms with van der Waals surface area (Å²) < 4.78 is 11.3. The van der Waals surface area contributed by atoms with Crippen LogP contribution in [0.3, 0.4) is 0 Å². The highest BCUT2D eigenvalue weighted by Crippen LogP contribution is 2.24. The zero-order valence-corrected chi connectivity index (χ0v) is 17.7. The van der Waals surface area contributed by atoms with Crippen molar-refractivity contribution in [1.82, 2.24) is 0 Å². The highest BCUT2D eigenvalue weighted by molar-refractivity contribution is 9.10. The molecule has 1 heterocycles. The van der Waals surface area contributed by atoms with E-state index in [1.54, 1.807) is 54.6 Å². The predicted octanol–water partition coefficient (Wildman–Crippen LogP) is 5.94. The Morgan fingerprint density at radius 1 is 1.14 bits per heavy atom. The van der Waals surface area contributed by atoms with Crippen LogP contribution in [0.1, 0.15) is 23.0 Å². The van der Waals surface area contributed by atoms with Gasteiger partial charge in [-0.1, -0.05) is 48.0 Å². The number of halogens is 2. The Morgan fingerprint density at radius 2 is 1.90 bits per heavy atom. The molecule has 29 heavy (non-hydrogen) atoms. The molecule has 0 bridgehead atoms. The number of aryl methyl sites for hydroxylation is 1. The molecule has 0 radical (unpaired) electrons. The second-order valence-corrected chi connectivity index (χ2v) is 7.34. The summed E-state index contributed by atoms with van der Waals surface area (Å²) in [5.41, 5.74) is 1.95. The normalized spacial score (nSPS) is 12.0. The summed E-state index contributed by atoms with van der Waals surface area (Å²) in [7, 11) is 0. The maximum Gasteiger partial charge on any atom is 0.332 e. The van der Waals surface area contributed by atoms with E-state index in [0.717, 1.165) is 5.56 Å². The summed E-state index contributed by atoms with van der Waals surface area (Å²) in [5, 5.41) is 3.27. The fourth-order valence-corrected chi connectivity index (χ4v) is 3.00. The van der Waals surface area contributed by atoms with Gasteiger partial charge in [-0.3, -0.25) is 4.79 Å². The molecule has 0 saturated heterocycles. The molecule has 0 aliphatic carbocycles. The Balaban J connectivity index is 1.77. The first-order valence-electron chi connectivity index (χ1n) is 8.68. The van der Waals surface area contributed by atoms with E-state index in [-0.39, 0.29) is 0 Å². The molecule has 0 spiro atoms. The lowest BCUT2D eigenvalue weighted by atomic mass is 10.1. The monoisotopic (exact) mass is 473 g/mol. The smallest absolute Gasteiger partial charge is 0.332 e. The van der Waals surface area contributed by atoms with Gasteiger partial charge in [0.1, 0.15) is 5.76 Å². The van der Waals surface area contributed by atoms with E-state index in [1.165, 1.54) is 12.2 Å². The van der Waals surface area contributed by atoms with Crippen molar-refractivity contribution < 1.29 is 18.7 Å². The second-order valence-electron chi connectivity index (χ2n) is 6.16. The molecule has 1 amide bonds. The highest BCUT2D eigenvalue weighted by Gasteiger charge is 2.24. The van der Waals surface area contributed by atoms with Crippen LogP contribution in [0, 0.1) is 6.92 Å². The summed E-state index contributed by atoms with van der Waals surface area (Å²) in [6.07, 6.45) is 1.54. The van der Waals surface area contributed by atoms with Gasteiger partial charge in [-0.25, -0.2) is 4.79 Å². The molecule has 148 valence electrons. The lowest BCUT2D eigenvalue weighted by Crippen LogP contribution is -2.25. The minimum absolute atomic E-state index is 0.476. The van der Waals surface area contributed by atoms with Crippen LogP contribution in [0.5, 0.6) is 0 Å². The van der Waals surface area contributed by atoms with Crippen LogP contribution in [0.25, 0.3) is 6.08 Å². The van der Waals surface area contributed by atoms with Gasteiger partial charge in [0.05, 0.1) is 0 Å². The molecule has 0 aliphatic heterocycles. The van der Waals surface area contributed by atoms with Crippen LogP contribution in [0.2, 0.25) is 5.02 Å². The number of ether oxygens (including phenoxy) is 1. The van der Waals surface area contributed by atoms with E-state index in [0.29, 0.717) is 26.7 Å². The van der Waals surface area contributed by atoms with Gasteiger partial charge in [0.2, 0.25) is 6.10 Å². The van der Waals surface area contributed by atoms with Crippen molar-refractivity contribution in [3.05, 3.63) is 93.3 Å². The number of rotatable bonds is 6. The van der Waals surface area contributed by atoms with E-state index in [1.807, 2.05) is 13.0 Å². The lowest BCUT2D eigenvalue weighted by molar-refractivity contribution is -0.149. The van der Waals surface area contributed by atoms with Crippen molar-refractivity contribution in [1.29, 1.82) is 0 Å². The molecule has 0 saturated carbocycles. The summed E-state index contributed by atoms with van der Waals surface area (Å²) in [5.74, 6) is -0.689. The number of hydrogen-bond donors (Lipinski definition) is 1. The van der Waals surface area contributed by atoms with Gasteiger partial charge in [0, 0.05) is 22.3 Å². The Hall–Kier alpha value is -2.83. The first-order chi connectivity index (χ1) is 13.9. The maximum atomic E-state index is 12.8. The maximum absolute atomic E-state index is 12.8. The summed E-state index contributed by atoms with van der Waals surface area (Å²) in [6.45, 7) is 1.87. The first-order valence-corrected chi connectivity index (χ1v) is 9.85. The number of anilines is 1. The first kappa shape index (κ1) is 20.9. The quantitative estimate of drug-likeness (QED) is 0.354. The summed E-state index contributed by atoms with van der Waals surface area (Å²) in [6, 6.07) is 17.4. The molecule has 1 unspecified atom stereocenters. The Bertz CT molecular complexity index is 1050. The molecule has 5 nitrogen and oxygen atoms in total. The zero-order chi connectivity index (χ0) is 20.8. The zero-order valence-electron chi connectivity index (χ0n) is 15.4. The fourth-order valence-electron chi connectivity index (χ4n) is 2.50. The van der Waals surface area contributed by atoms with Crippen LogP contribution in [0.15, 0.2) is 75.8 Å². The van der Waals surface area contributed by atoms with Gasteiger partial charge in [0.25, 0.3) is 5.91 Å². The van der Waals surface area contributed by atoms with Crippen LogP contribution in [-0.2, 0) is 14.3 Å². The molecule has 1 N–H and O–H groups in total. The van der Waals surface area contributed by atoms with E-state index in [4.69, 9.17) is 20.8 Å². The number of amides is 1. The fraction of sp³-hybridized carbons (Fsp3) is 0.0909. The number of nitrogens with one attached hydrogen (secondary N) is 1. The molecular formula is C22H17BrClNO4. The topological polar surface area (TPSA) is 68.5 Å². The van der Waals surface area contributed by atoms with E-state index < -0.39 is 18.0 Å². The van der Waals surface area contributed by atoms with Crippen molar-refractivity contribution in [2.24, 2.45) is 0 Å². The minimum atomic E-state index is -1.13. The van der Waals surface area contributed by atoms with E-state index in [9.17, 15) is 9.59 Å². The van der Waals surface area contributed by atoms with E-state index >= 15 is 0 Å². The molecule has 0 fully saturated rings. The van der Waals surface area contributed by atoms with Crippen molar-refractivity contribution in [2.45, 2.75) is 13.0 Å². The average molecular weight is 475 g/mol. The third kappa shape index (κ3) is 5.82. The van der Waals surface area contributed by atoms with Gasteiger partial charge in [-0.05, 0) is 58.8 Å². The number of carbonyl (C=O) groups excluding carboxylic acids is 2. The Labute approximate surface area is 181 Å². The number of hydrogen-bond acceptors (Lipinski definition) is 4.